The summed E-state index contributed by atoms with van der Waals surface area (Å²) < 4.78 is 4.88. The van der Waals surface area contributed by atoms with Gasteiger partial charge in [0.1, 0.15) is 0 Å². The third-order valence-corrected chi connectivity index (χ3v) is 14.4. The molecule has 310 valence electrons. The van der Waals surface area contributed by atoms with Gasteiger partial charge < -0.3 is 14.0 Å². The normalized spacial score (nSPS) is 13.4. The van der Waals surface area contributed by atoms with Crippen molar-refractivity contribution in [3.63, 3.8) is 0 Å². The smallest absolute Gasteiger partial charge is 0.0971 e. The van der Waals surface area contributed by atoms with Gasteiger partial charge in [-0.2, -0.15) is 0 Å². The van der Waals surface area contributed by atoms with Crippen LogP contribution >= 0.6 is 0 Å². The molecule has 10 aromatic carbocycles. The van der Waals surface area contributed by atoms with Gasteiger partial charge in [-0.1, -0.05) is 135 Å². The second kappa shape index (κ2) is 13.7. The van der Waals surface area contributed by atoms with E-state index < -0.39 is 0 Å². The molecular weight excluding hydrogens is 803 g/mol. The SMILES string of the molecule is CC1(C)c2cc(-n3c4ccccc4c4ccccc43)ccc2N(c2ccc3c(c2)c2cc(-c4ccccc4)ccc2c2nccnc32)c2ccc(-n3c4ccccc4c4ccccc43)cc21. The summed E-state index contributed by atoms with van der Waals surface area (Å²) in [5, 5.41) is 9.49. The number of nitrogens with zero attached hydrogens (tertiary/aromatic N) is 5. The lowest BCUT2D eigenvalue weighted by Crippen LogP contribution is -2.31. The maximum Gasteiger partial charge on any atom is 0.0971 e. The predicted molar refractivity (Wildman–Crippen MR) is 275 cm³/mol. The summed E-state index contributed by atoms with van der Waals surface area (Å²) in [6.45, 7) is 4.80. The highest BCUT2D eigenvalue weighted by molar-refractivity contribution is 6.24. The fraction of sp³-hybridized carbons (Fsp3) is 0.0492. The first-order valence-electron chi connectivity index (χ1n) is 22.7. The molecule has 0 atom stereocenters. The number of benzene rings is 10. The van der Waals surface area contributed by atoms with E-state index in [0.29, 0.717) is 0 Å². The summed E-state index contributed by atoms with van der Waals surface area (Å²) in [7, 11) is 0. The van der Waals surface area contributed by atoms with Crippen LogP contribution in [0.2, 0.25) is 0 Å². The second-order valence-corrected chi connectivity index (χ2v) is 18.2. The van der Waals surface area contributed by atoms with Gasteiger partial charge >= 0.3 is 0 Å². The minimum absolute atomic E-state index is 0.384. The van der Waals surface area contributed by atoms with Gasteiger partial charge in [-0.05, 0) is 112 Å². The zero-order valence-corrected chi connectivity index (χ0v) is 36.4. The quantitative estimate of drug-likeness (QED) is 0.166. The molecule has 0 bridgehead atoms. The van der Waals surface area contributed by atoms with Gasteiger partial charge in [0.05, 0.1) is 44.5 Å². The van der Waals surface area contributed by atoms with E-state index in [-0.39, 0.29) is 5.41 Å². The molecule has 3 aromatic heterocycles. The molecule has 4 heterocycles. The van der Waals surface area contributed by atoms with Gasteiger partial charge in [-0.15, -0.1) is 0 Å². The van der Waals surface area contributed by atoms with E-state index in [1.165, 1.54) is 65.9 Å². The van der Waals surface area contributed by atoms with Crippen LogP contribution in [0.1, 0.15) is 25.0 Å². The van der Waals surface area contributed by atoms with Crippen molar-refractivity contribution < 1.29 is 0 Å². The molecule has 0 amide bonds. The van der Waals surface area contributed by atoms with Crippen LogP contribution in [0, 0.1) is 0 Å². The van der Waals surface area contributed by atoms with Crippen LogP contribution in [-0.2, 0) is 5.41 Å². The highest BCUT2D eigenvalue weighted by Gasteiger charge is 2.38. The molecule has 0 aliphatic carbocycles. The lowest BCUT2D eigenvalue weighted by Gasteiger charge is -2.42. The standard InChI is InChI=1S/C61H41N5/c1-61(2)51-36-41(64-53-20-10-6-16-43(53)44-17-7-11-21-54(44)64)26-30-57(51)66(58-31-27-42(37-52(58)61)65-55-22-12-8-18-45(55)46-19-9-13-23-56(46)65)40-25-29-48-50(35-40)49-34-39(38-14-4-3-5-15-38)24-28-47(49)59-60(48)63-33-32-62-59/h3-37H,1-2H3. The van der Waals surface area contributed by atoms with E-state index in [1.54, 1.807) is 6.20 Å². The van der Waals surface area contributed by atoms with Crippen molar-refractivity contribution >= 4 is 93.3 Å². The van der Waals surface area contributed by atoms with E-state index in [2.05, 4.69) is 228 Å². The summed E-state index contributed by atoms with van der Waals surface area (Å²) in [5.74, 6) is 0. The van der Waals surface area contributed by atoms with Crippen molar-refractivity contribution in [1.82, 2.24) is 19.1 Å². The molecule has 0 N–H and O–H groups in total. The Morgan fingerprint density at radius 3 is 1.26 bits per heavy atom. The Balaban J connectivity index is 1.05. The van der Waals surface area contributed by atoms with Crippen molar-refractivity contribution in [2.24, 2.45) is 0 Å². The van der Waals surface area contributed by atoms with E-state index in [9.17, 15) is 0 Å². The van der Waals surface area contributed by atoms with Crippen molar-refractivity contribution in [2.45, 2.75) is 19.3 Å². The maximum absolute atomic E-state index is 4.95. The molecular formula is C61H41N5. The number of fused-ring (bicyclic) bond motifs is 14. The van der Waals surface area contributed by atoms with E-state index in [4.69, 9.17) is 9.97 Å². The van der Waals surface area contributed by atoms with Gasteiger partial charge in [-0.3, -0.25) is 9.97 Å². The Morgan fingerprint density at radius 1 is 0.333 bits per heavy atom. The van der Waals surface area contributed by atoms with E-state index in [0.717, 1.165) is 61.0 Å². The zero-order chi connectivity index (χ0) is 43.7. The Hall–Kier alpha value is -8.54. The van der Waals surface area contributed by atoms with Crippen LogP contribution in [0.5, 0.6) is 0 Å². The lowest BCUT2D eigenvalue weighted by molar-refractivity contribution is 0.631. The fourth-order valence-corrected chi connectivity index (χ4v) is 11.3. The molecule has 5 heteroatoms. The number of para-hydroxylation sites is 4. The third-order valence-electron chi connectivity index (χ3n) is 14.4. The summed E-state index contributed by atoms with van der Waals surface area (Å²) in [5.41, 5.74) is 16.8. The van der Waals surface area contributed by atoms with E-state index in [1.807, 2.05) is 6.20 Å². The molecule has 0 spiro atoms. The van der Waals surface area contributed by atoms with Crippen molar-refractivity contribution in [3.05, 3.63) is 224 Å². The average Bonchev–Trinajstić information content (AvgIpc) is 3.90. The molecule has 0 fully saturated rings. The number of anilines is 3. The van der Waals surface area contributed by atoms with Gasteiger partial charge in [0.25, 0.3) is 0 Å². The summed E-state index contributed by atoms with van der Waals surface area (Å²) >= 11 is 0. The average molecular weight is 844 g/mol. The maximum atomic E-state index is 4.95. The number of rotatable bonds is 4. The van der Waals surface area contributed by atoms with Crippen molar-refractivity contribution in [1.29, 1.82) is 0 Å². The Kier molecular flexibility index (Phi) is 7.68. The number of hydrogen-bond acceptors (Lipinski definition) is 3. The molecule has 0 saturated carbocycles. The molecule has 0 unspecified atom stereocenters. The summed E-state index contributed by atoms with van der Waals surface area (Å²) in [6.07, 6.45) is 3.61. The summed E-state index contributed by atoms with van der Waals surface area (Å²) in [6, 6.07) is 73.7. The van der Waals surface area contributed by atoms with Crippen molar-refractivity contribution in [2.75, 3.05) is 4.90 Å². The Bertz CT molecular complexity index is 3880. The highest BCUT2D eigenvalue weighted by atomic mass is 15.2. The second-order valence-electron chi connectivity index (χ2n) is 18.2. The van der Waals surface area contributed by atoms with E-state index >= 15 is 0 Å². The van der Waals surface area contributed by atoms with Crippen molar-refractivity contribution in [3.8, 4) is 22.5 Å². The Labute approximate surface area is 381 Å². The van der Waals surface area contributed by atoms with Crippen LogP contribution < -0.4 is 4.90 Å². The van der Waals surface area contributed by atoms with Gasteiger partial charge in [0, 0.05) is 67.2 Å². The van der Waals surface area contributed by atoms with Gasteiger partial charge in [0.15, 0.2) is 0 Å². The first kappa shape index (κ1) is 36.9. The third kappa shape index (κ3) is 5.16. The molecule has 13 aromatic rings. The monoisotopic (exact) mass is 843 g/mol. The van der Waals surface area contributed by atoms with Crippen LogP contribution in [0.25, 0.3) is 98.7 Å². The molecule has 66 heavy (non-hydrogen) atoms. The molecule has 14 rings (SSSR count). The fourth-order valence-electron chi connectivity index (χ4n) is 11.3. The van der Waals surface area contributed by atoms with Crippen LogP contribution in [0.15, 0.2) is 213 Å². The predicted octanol–water partition coefficient (Wildman–Crippen LogP) is 15.9. The Morgan fingerprint density at radius 2 is 0.758 bits per heavy atom. The molecule has 5 nitrogen and oxygen atoms in total. The first-order chi connectivity index (χ1) is 32.5. The van der Waals surface area contributed by atoms with Gasteiger partial charge in [-0.25, -0.2) is 0 Å². The topological polar surface area (TPSA) is 38.9 Å². The van der Waals surface area contributed by atoms with Crippen LogP contribution in [0.4, 0.5) is 17.1 Å². The molecule has 0 saturated heterocycles. The molecule has 1 aliphatic heterocycles. The minimum Gasteiger partial charge on any atom is -0.310 e. The minimum atomic E-state index is -0.384. The zero-order valence-electron chi connectivity index (χ0n) is 36.4. The highest BCUT2D eigenvalue weighted by Crippen LogP contribution is 2.54. The number of hydrogen-bond donors (Lipinski definition) is 0. The van der Waals surface area contributed by atoms with Crippen LogP contribution in [0.3, 0.4) is 0 Å². The lowest BCUT2D eigenvalue weighted by atomic mass is 9.73. The van der Waals surface area contributed by atoms with Crippen LogP contribution in [-0.4, -0.2) is 19.1 Å². The number of aromatic nitrogens is 4. The van der Waals surface area contributed by atoms with Gasteiger partial charge in [0.2, 0.25) is 0 Å². The first-order valence-corrected chi connectivity index (χ1v) is 22.7. The molecule has 1 aliphatic rings. The largest absolute Gasteiger partial charge is 0.310 e. The molecule has 0 radical (unpaired) electrons. The summed E-state index contributed by atoms with van der Waals surface area (Å²) in [4.78, 5) is 12.3.